The molecule has 0 aliphatic heterocycles. The minimum Gasteiger partial charge on any atom is -0.467 e. The van der Waals surface area contributed by atoms with Gasteiger partial charge in [0, 0.05) is 24.4 Å². The van der Waals surface area contributed by atoms with Crippen LogP contribution in [0.4, 0.5) is 0 Å². The van der Waals surface area contributed by atoms with Crippen LogP contribution in [0.15, 0.2) is 41.0 Å². The molecular formula is C19H19ClN2O2. The molecule has 0 aliphatic carbocycles. The highest BCUT2D eigenvalue weighted by molar-refractivity contribution is 6.30. The predicted molar refractivity (Wildman–Crippen MR) is 94.9 cm³/mol. The second-order valence-electron chi connectivity index (χ2n) is 6.05. The molecular weight excluding hydrogens is 324 g/mol. The third-order valence-electron chi connectivity index (χ3n) is 4.01. The van der Waals surface area contributed by atoms with Crippen LogP contribution < -0.4 is 0 Å². The van der Waals surface area contributed by atoms with Crippen LogP contribution in [-0.2, 0) is 17.9 Å². The van der Waals surface area contributed by atoms with Crippen molar-refractivity contribution in [3.63, 3.8) is 0 Å². The minimum absolute atomic E-state index is 0.0389. The van der Waals surface area contributed by atoms with E-state index in [1.807, 2.05) is 25.1 Å². The van der Waals surface area contributed by atoms with Crippen molar-refractivity contribution in [1.82, 2.24) is 9.88 Å². The molecule has 0 saturated carbocycles. The standard InChI is InChI=1S/C19H19ClN2O2/c1-12-7-13(2)18-15(8-12)9-16(19(20)21-18)10-22(14(3)23)11-17-5-4-6-24-17/h4-9H,10-11H2,1-3H3. The van der Waals surface area contributed by atoms with E-state index >= 15 is 0 Å². The van der Waals surface area contributed by atoms with E-state index in [0.717, 1.165) is 27.8 Å². The number of aryl methyl sites for hydroxylation is 2. The summed E-state index contributed by atoms with van der Waals surface area (Å²) in [5.74, 6) is 0.699. The van der Waals surface area contributed by atoms with Crippen LogP contribution in [0.5, 0.6) is 0 Å². The third-order valence-corrected chi connectivity index (χ3v) is 4.34. The molecule has 0 saturated heterocycles. The molecule has 0 bridgehead atoms. The number of furan rings is 1. The van der Waals surface area contributed by atoms with Gasteiger partial charge in [-0.25, -0.2) is 4.98 Å². The number of aromatic nitrogens is 1. The largest absolute Gasteiger partial charge is 0.467 e. The van der Waals surface area contributed by atoms with E-state index in [4.69, 9.17) is 16.0 Å². The van der Waals surface area contributed by atoms with Gasteiger partial charge in [-0.15, -0.1) is 0 Å². The number of fused-ring (bicyclic) bond motifs is 1. The number of carbonyl (C=O) groups is 1. The number of carbonyl (C=O) groups excluding carboxylic acids is 1. The molecule has 0 N–H and O–H groups in total. The molecule has 4 nitrogen and oxygen atoms in total. The number of nitrogens with zero attached hydrogens (tertiary/aromatic N) is 2. The molecule has 124 valence electrons. The summed E-state index contributed by atoms with van der Waals surface area (Å²) in [5, 5.41) is 1.47. The summed E-state index contributed by atoms with van der Waals surface area (Å²) in [6, 6.07) is 9.85. The van der Waals surface area contributed by atoms with E-state index < -0.39 is 0 Å². The molecule has 2 aromatic heterocycles. The Balaban J connectivity index is 1.95. The Kier molecular flexibility index (Phi) is 4.58. The van der Waals surface area contributed by atoms with E-state index in [2.05, 4.69) is 24.0 Å². The van der Waals surface area contributed by atoms with E-state index in [1.54, 1.807) is 18.1 Å². The van der Waals surface area contributed by atoms with Crippen molar-refractivity contribution in [2.45, 2.75) is 33.9 Å². The lowest BCUT2D eigenvalue weighted by Crippen LogP contribution is -2.27. The number of pyridine rings is 1. The normalized spacial score (nSPS) is 11.0. The van der Waals surface area contributed by atoms with Gasteiger partial charge in [-0.1, -0.05) is 23.2 Å². The second-order valence-corrected chi connectivity index (χ2v) is 6.40. The number of amides is 1. The first-order chi connectivity index (χ1) is 11.4. The van der Waals surface area contributed by atoms with Gasteiger partial charge in [-0.3, -0.25) is 4.79 Å². The number of halogens is 1. The van der Waals surface area contributed by atoms with Gasteiger partial charge in [0.05, 0.1) is 18.3 Å². The fourth-order valence-electron chi connectivity index (χ4n) is 2.86. The molecule has 0 spiro atoms. The van der Waals surface area contributed by atoms with E-state index in [0.29, 0.717) is 18.2 Å². The van der Waals surface area contributed by atoms with E-state index in [9.17, 15) is 4.79 Å². The summed E-state index contributed by atoms with van der Waals surface area (Å²) in [7, 11) is 0. The molecule has 1 amide bonds. The van der Waals surface area contributed by atoms with Gasteiger partial charge in [0.2, 0.25) is 5.91 Å². The Hall–Kier alpha value is -2.33. The lowest BCUT2D eigenvalue weighted by molar-refractivity contribution is -0.130. The summed E-state index contributed by atoms with van der Waals surface area (Å²) in [4.78, 5) is 18.2. The smallest absolute Gasteiger partial charge is 0.220 e. The van der Waals surface area contributed by atoms with Crippen molar-refractivity contribution >= 4 is 28.4 Å². The first-order valence-electron chi connectivity index (χ1n) is 7.78. The van der Waals surface area contributed by atoms with Crippen LogP contribution in [-0.4, -0.2) is 15.8 Å². The molecule has 3 rings (SSSR count). The fraction of sp³-hybridized carbons (Fsp3) is 0.263. The zero-order valence-electron chi connectivity index (χ0n) is 14.0. The van der Waals surface area contributed by atoms with Crippen molar-refractivity contribution in [3.8, 4) is 0 Å². The highest BCUT2D eigenvalue weighted by Crippen LogP contribution is 2.25. The summed E-state index contributed by atoms with van der Waals surface area (Å²) in [6.45, 7) is 6.42. The Labute approximate surface area is 146 Å². The lowest BCUT2D eigenvalue weighted by atomic mass is 10.1. The van der Waals surface area contributed by atoms with Crippen molar-refractivity contribution < 1.29 is 9.21 Å². The number of rotatable bonds is 4. The van der Waals surface area contributed by atoms with Gasteiger partial charge >= 0.3 is 0 Å². The van der Waals surface area contributed by atoms with Crippen LogP contribution in [0.3, 0.4) is 0 Å². The number of hydrogen-bond acceptors (Lipinski definition) is 3. The lowest BCUT2D eigenvalue weighted by Gasteiger charge is -2.21. The SMILES string of the molecule is CC(=O)N(Cc1ccco1)Cc1cc2cc(C)cc(C)c2nc1Cl. The molecule has 0 atom stereocenters. The summed E-state index contributed by atoms with van der Waals surface area (Å²) in [5.41, 5.74) is 4.00. The van der Waals surface area contributed by atoms with Crippen molar-refractivity contribution in [1.29, 1.82) is 0 Å². The van der Waals surface area contributed by atoms with Crippen LogP contribution in [0.25, 0.3) is 10.9 Å². The average Bonchev–Trinajstić information content (AvgIpc) is 3.01. The van der Waals surface area contributed by atoms with Crippen LogP contribution >= 0.6 is 11.6 Å². The Bertz CT molecular complexity index is 888. The van der Waals surface area contributed by atoms with Crippen LogP contribution in [0, 0.1) is 13.8 Å². The number of benzene rings is 1. The van der Waals surface area contributed by atoms with Gasteiger partial charge in [0.15, 0.2) is 0 Å². The highest BCUT2D eigenvalue weighted by atomic mass is 35.5. The summed E-state index contributed by atoms with van der Waals surface area (Å²) < 4.78 is 5.34. The molecule has 1 aromatic carbocycles. The summed E-state index contributed by atoms with van der Waals surface area (Å²) >= 11 is 6.37. The van der Waals surface area contributed by atoms with Gasteiger partial charge in [0.25, 0.3) is 0 Å². The van der Waals surface area contributed by atoms with E-state index in [1.165, 1.54) is 5.56 Å². The molecule has 5 heteroatoms. The van der Waals surface area contributed by atoms with E-state index in [-0.39, 0.29) is 5.91 Å². The molecule has 3 aromatic rings. The maximum Gasteiger partial charge on any atom is 0.220 e. The summed E-state index contributed by atoms with van der Waals surface area (Å²) in [6.07, 6.45) is 1.60. The molecule has 2 heterocycles. The third kappa shape index (κ3) is 3.44. The molecule has 24 heavy (non-hydrogen) atoms. The Morgan fingerprint density at radius 3 is 2.71 bits per heavy atom. The van der Waals surface area contributed by atoms with Gasteiger partial charge in [0.1, 0.15) is 10.9 Å². The monoisotopic (exact) mass is 342 g/mol. The Morgan fingerprint density at radius 1 is 1.25 bits per heavy atom. The zero-order valence-corrected chi connectivity index (χ0v) is 14.7. The van der Waals surface area contributed by atoms with Crippen LogP contribution in [0.2, 0.25) is 5.15 Å². The van der Waals surface area contributed by atoms with Crippen molar-refractivity contribution in [2.24, 2.45) is 0 Å². The molecule has 0 aliphatic rings. The molecule has 0 unspecified atom stereocenters. The maximum absolute atomic E-state index is 12.0. The van der Waals surface area contributed by atoms with Crippen molar-refractivity contribution in [3.05, 3.63) is 64.2 Å². The fourth-order valence-corrected chi connectivity index (χ4v) is 3.06. The topological polar surface area (TPSA) is 46.3 Å². The first-order valence-corrected chi connectivity index (χ1v) is 8.16. The number of hydrogen-bond donors (Lipinski definition) is 0. The molecule has 0 radical (unpaired) electrons. The zero-order chi connectivity index (χ0) is 17.3. The minimum atomic E-state index is -0.0389. The van der Waals surface area contributed by atoms with Crippen LogP contribution in [0.1, 0.15) is 29.4 Å². The Morgan fingerprint density at radius 2 is 2.04 bits per heavy atom. The predicted octanol–water partition coefficient (Wildman–Crippen LogP) is 4.65. The quantitative estimate of drug-likeness (QED) is 0.648. The van der Waals surface area contributed by atoms with Gasteiger partial charge in [-0.05, 0) is 43.7 Å². The average molecular weight is 343 g/mol. The van der Waals surface area contributed by atoms with Gasteiger partial charge < -0.3 is 9.32 Å². The van der Waals surface area contributed by atoms with Gasteiger partial charge in [-0.2, -0.15) is 0 Å². The second kappa shape index (κ2) is 6.65. The highest BCUT2D eigenvalue weighted by Gasteiger charge is 2.15. The maximum atomic E-state index is 12.0. The molecule has 0 fully saturated rings. The van der Waals surface area contributed by atoms with Crippen molar-refractivity contribution in [2.75, 3.05) is 0 Å². The first kappa shape index (κ1) is 16.5.